The lowest BCUT2D eigenvalue weighted by Crippen LogP contribution is -2.11. The van der Waals surface area contributed by atoms with Gasteiger partial charge in [0.2, 0.25) is 0 Å². The van der Waals surface area contributed by atoms with Crippen molar-refractivity contribution in [2.45, 2.75) is 27.7 Å². The number of aryl methyl sites for hydroxylation is 4. The number of hydrogen-bond acceptors (Lipinski definition) is 2. The molecule has 0 atom stereocenters. The second-order valence-corrected chi connectivity index (χ2v) is 13.9. The zero-order valence-corrected chi connectivity index (χ0v) is 29.5. The molecule has 0 aliphatic rings. The maximum atomic E-state index is 11.5. The van der Waals surface area contributed by atoms with E-state index in [1.807, 2.05) is 0 Å². The number of aromatic nitrogens is 2. The highest BCUT2D eigenvalue weighted by molar-refractivity contribution is 6.13. The first-order chi connectivity index (χ1) is 25.4. The highest BCUT2D eigenvalue weighted by Gasteiger charge is 2.31. The zero-order valence-electron chi connectivity index (χ0n) is 29.5. The van der Waals surface area contributed by atoms with Crippen molar-refractivity contribution < 1.29 is 0 Å². The van der Waals surface area contributed by atoms with Gasteiger partial charge in [-0.25, -0.2) is 0 Å². The van der Waals surface area contributed by atoms with Gasteiger partial charge in [0.1, 0.15) is 12.1 Å². The largest absolute Gasteiger partial charge is 0.307 e. The maximum Gasteiger partial charge on any atom is 0.102 e. The van der Waals surface area contributed by atoms with Gasteiger partial charge in [0.25, 0.3) is 0 Å². The highest BCUT2D eigenvalue weighted by atomic mass is 15.0. The van der Waals surface area contributed by atoms with E-state index < -0.39 is 0 Å². The van der Waals surface area contributed by atoms with Crippen LogP contribution in [0.25, 0.3) is 77.2 Å². The molecule has 0 N–H and O–H groups in total. The second kappa shape index (κ2) is 11.9. The average molecular weight is 667 g/mol. The van der Waals surface area contributed by atoms with Gasteiger partial charge >= 0.3 is 0 Å². The molecule has 4 nitrogen and oxygen atoms in total. The number of benzene rings is 7. The molecule has 0 spiro atoms. The minimum Gasteiger partial charge on any atom is -0.307 e. The van der Waals surface area contributed by atoms with E-state index >= 15 is 0 Å². The van der Waals surface area contributed by atoms with Crippen LogP contribution in [0.1, 0.15) is 33.4 Å². The predicted molar refractivity (Wildman–Crippen MR) is 214 cm³/mol. The average Bonchev–Trinajstić information content (AvgIpc) is 3.65. The molecule has 0 radical (unpaired) electrons. The third-order valence-electron chi connectivity index (χ3n) is 10.3. The number of hydrogen-bond donors (Lipinski definition) is 0. The first kappa shape index (κ1) is 31.1. The molecule has 0 saturated carbocycles. The van der Waals surface area contributed by atoms with Gasteiger partial charge in [-0.3, -0.25) is 0 Å². The van der Waals surface area contributed by atoms with Crippen LogP contribution in [0, 0.1) is 50.4 Å². The van der Waals surface area contributed by atoms with E-state index in [1.54, 1.807) is 0 Å². The number of rotatable bonds is 4. The Labute approximate surface area is 302 Å². The van der Waals surface area contributed by atoms with Crippen molar-refractivity contribution in [3.8, 4) is 45.8 Å². The molecule has 0 amide bonds. The van der Waals surface area contributed by atoms with Crippen molar-refractivity contribution in [3.05, 3.63) is 167 Å². The van der Waals surface area contributed by atoms with Crippen molar-refractivity contribution in [1.29, 1.82) is 10.5 Å². The van der Waals surface area contributed by atoms with Crippen LogP contribution < -0.4 is 0 Å². The lowest BCUT2D eigenvalue weighted by molar-refractivity contribution is 1.12. The minimum atomic E-state index is 0.465. The van der Waals surface area contributed by atoms with Gasteiger partial charge in [-0.2, -0.15) is 10.5 Å². The van der Waals surface area contributed by atoms with Gasteiger partial charge in [-0.05, 0) is 63.1 Å². The Morgan fingerprint density at radius 1 is 0.385 bits per heavy atom. The second-order valence-electron chi connectivity index (χ2n) is 13.9. The van der Waals surface area contributed by atoms with Crippen molar-refractivity contribution in [3.63, 3.8) is 0 Å². The number of para-hydroxylation sites is 4. The van der Waals surface area contributed by atoms with Crippen LogP contribution in [0.3, 0.4) is 0 Å². The predicted octanol–water partition coefficient (Wildman–Crippen LogP) is 12.2. The molecule has 7 aromatic carbocycles. The fourth-order valence-electron chi connectivity index (χ4n) is 8.52. The lowest BCUT2D eigenvalue weighted by atomic mass is 9.85. The first-order valence-corrected chi connectivity index (χ1v) is 17.6. The normalized spacial score (nSPS) is 11.4. The standard InChI is InChI=1S/C48H34N4/c1-29-21-30(2)24-33(23-29)45-39(27-49)47(51-41-17-9-5-13-35(41)36-14-6-10-18-42(36)51)46(34-25-31(3)22-32(4)26-34)48(40(45)28-50)52-43-19-11-7-15-37(43)38-16-8-12-20-44(38)52/h5-26H,1-4H3. The van der Waals surface area contributed by atoms with E-state index in [0.717, 1.165) is 93.9 Å². The first-order valence-electron chi connectivity index (χ1n) is 17.6. The Kier molecular flexibility index (Phi) is 7.11. The van der Waals surface area contributed by atoms with Crippen LogP contribution in [-0.4, -0.2) is 9.13 Å². The van der Waals surface area contributed by atoms with E-state index in [2.05, 4.69) is 182 Å². The van der Waals surface area contributed by atoms with E-state index in [-0.39, 0.29) is 0 Å². The third kappa shape index (κ3) is 4.59. The van der Waals surface area contributed by atoms with Crippen molar-refractivity contribution in [1.82, 2.24) is 9.13 Å². The SMILES string of the molecule is Cc1cc(C)cc(-c2c(C#N)c(-n3c4ccccc4c4ccccc43)c(-c3cc(C)cc(C)c3)c(-n3c4ccccc4c4ccccc43)c2C#N)c1. The summed E-state index contributed by atoms with van der Waals surface area (Å²) in [4.78, 5) is 0. The number of nitrogens with zero attached hydrogens (tertiary/aromatic N) is 4. The van der Waals surface area contributed by atoms with Gasteiger partial charge in [0.15, 0.2) is 0 Å². The molecule has 2 heterocycles. The smallest absolute Gasteiger partial charge is 0.102 e. The van der Waals surface area contributed by atoms with Crippen LogP contribution in [0.2, 0.25) is 0 Å². The monoisotopic (exact) mass is 666 g/mol. The van der Waals surface area contributed by atoms with Gasteiger partial charge in [-0.1, -0.05) is 131 Å². The summed E-state index contributed by atoms with van der Waals surface area (Å²) in [5.41, 5.74) is 14.0. The topological polar surface area (TPSA) is 57.4 Å². The Morgan fingerprint density at radius 2 is 0.673 bits per heavy atom. The summed E-state index contributed by atoms with van der Waals surface area (Å²) in [5.74, 6) is 0. The Hall–Kier alpha value is -6.88. The van der Waals surface area contributed by atoms with Crippen molar-refractivity contribution in [2.24, 2.45) is 0 Å². The van der Waals surface area contributed by atoms with Crippen LogP contribution in [-0.2, 0) is 0 Å². The third-order valence-corrected chi connectivity index (χ3v) is 10.3. The Bertz CT molecular complexity index is 2730. The van der Waals surface area contributed by atoms with Crippen molar-refractivity contribution >= 4 is 43.6 Å². The zero-order chi connectivity index (χ0) is 35.7. The number of fused-ring (bicyclic) bond motifs is 6. The van der Waals surface area contributed by atoms with Gasteiger partial charge < -0.3 is 9.13 Å². The summed E-state index contributed by atoms with van der Waals surface area (Å²) >= 11 is 0. The van der Waals surface area contributed by atoms with Crippen LogP contribution in [0.5, 0.6) is 0 Å². The summed E-state index contributed by atoms with van der Waals surface area (Å²) < 4.78 is 4.53. The molecule has 0 unspecified atom stereocenters. The highest BCUT2D eigenvalue weighted by Crippen LogP contribution is 2.49. The molecular formula is C48H34N4. The van der Waals surface area contributed by atoms with Crippen LogP contribution in [0.15, 0.2) is 133 Å². The molecule has 0 aliphatic heterocycles. The fourth-order valence-corrected chi connectivity index (χ4v) is 8.52. The summed E-state index contributed by atoms with van der Waals surface area (Å²) in [6.45, 7) is 8.36. The van der Waals surface area contributed by atoms with E-state index in [0.29, 0.717) is 16.7 Å². The molecule has 52 heavy (non-hydrogen) atoms. The maximum absolute atomic E-state index is 11.5. The molecule has 0 saturated heterocycles. The molecule has 0 aliphatic carbocycles. The summed E-state index contributed by atoms with van der Waals surface area (Å²) in [5, 5.41) is 27.5. The Balaban J connectivity index is 1.64. The van der Waals surface area contributed by atoms with E-state index in [9.17, 15) is 10.5 Å². The summed E-state index contributed by atoms with van der Waals surface area (Å²) in [6.07, 6.45) is 0. The quantitative estimate of drug-likeness (QED) is 0.188. The van der Waals surface area contributed by atoms with E-state index in [1.165, 1.54) is 0 Å². The van der Waals surface area contributed by atoms with E-state index in [4.69, 9.17) is 0 Å². The summed E-state index contributed by atoms with van der Waals surface area (Å²) in [6, 6.07) is 51.9. The molecular weight excluding hydrogens is 633 g/mol. The fraction of sp³-hybridized carbons (Fsp3) is 0.0833. The minimum absolute atomic E-state index is 0.465. The molecule has 4 heteroatoms. The molecule has 9 aromatic rings. The number of nitriles is 2. The molecule has 246 valence electrons. The summed E-state index contributed by atoms with van der Waals surface area (Å²) in [7, 11) is 0. The van der Waals surface area contributed by atoms with Crippen LogP contribution >= 0.6 is 0 Å². The van der Waals surface area contributed by atoms with Crippen molar-refractivity contribution in [2.75, 3.05) is 0 Å². The van der Waals surface area contributed by atoms with Gasteiger partial charge in [0.05, 0.1) is 44.6 Å². The molecule has 2 aromatic heterocycles. The Morgan fingerprint density at radius 3 is 0.981 bits per heavy atom. The lowest BCUT2D eigenvalue weighted by Gasteiger charge is -2.26. The molecule has 9 rings (SSSR count). The molecule has 0 fully saturated rings. The van der Waals surface area contributed by atoms with Gasteiger partial charge in [-0.15, -0.1) is 0 Å². The molecule has 0 bridgehead atoms. The van der Waals surface area contributed by atoms with Crippen LogP contribution in [0.4, 0.5) is 0 Å². The van der Waals surface area contributed by atoms with Gasteiger partial charge in [0, 0.05) is 32.7 Å².